The van der Waals surface area contributed by atoms with E-state index in [-0.39, 0.29) is 18.0 Å². The Morgan fingerprint density at radius 3 is 2.48 bits per heavy atom. The number of carbonyl (C=O) groups is 2. The highest BCUT2D eigenvalue weighted by Gasteiger charge is 2.24. The summed E-state index contributed by atoms with van der Waals surface area (Å²) in [6.45, 7) is 6.04. The lowest BCUT2D eigenvalue weighted by Crippen LogP contribution is -2.46. The number of piperidine rings is 1. The molecule has 1 aliphatic heterocycles. The Labute approximate surface area is 161 Å². The zero-order valence-corrected chi connectivity index (χ0v) is 16.6. The van der Waals surface area contributed by atoms with E-state index in [4.69, 9.17) is 14.2 Å². The van der Waals surface area contributed by atoms with Crippen molar-refractivity contribution in [3.8, 4) is 11.5 Å². The van der Waals surface area contributed by atoms with Gasteiger partial charge >= 0.3 is 6.09 Å². The second-order valence-corrected chi connectivity index (χ2v) is 7.10. The van der Waals surface area contributed by atoms with Crippen LogP contribution >= 0.6 is 0 Å². The fraction of sp³-hybridized carbons (Fsp3) is 0.600. The van der Waals surface area contributed by atoms with E-state index in [1.807, 2.05) is 0 Å². The van der Waals surface area contributed by atoms with Gasteiger partial charge in [0.05, 0.1) is 20.8 Å². The van der Waals surface area contributed by atoms with Crippen molar-refractivity contribution in [2.24, 2.45) is 5.92 Å². The van der Waals surface area contributed by atoms with Crippen LogP contribution in [0.1, 0.15) is 43.5 Å². The third kappa shape index (κ3) is 6.05. The number of hydrogen-bond acceptors (Lipinski definition) is 5. The van der Waals surface area contributed by atoms with Gasteiger partial charge in [-0.2, -0.15) is 0 Å². The average molecular weight is 378 g/mol. The van der Waals surface area contributed by atoms with Gasteiger partial charge in [-0.3, -0.25) is 4.79 Å². The maximum Gasteiger partial charge on any atom is 0.409 e. The molecule has 7 heteroatoms. The third-order valence-electron chi connectivity index (χ3n) is 4.64. The SMILES string of the molecule is COC(=O)N1CCC(NC(=O)c2ccc(OCCC(C)C)c(OC)c2)CC1. The lowest BCUT2D eigenvalue weighted by atomic mass is 10.0. The fourth-order valence-corrected chi connectivity index (χ4v) is 2.94. The minimum absolute atomic E-state index is 0.0337. The van der Waals surface area contributed by atoms with Crippen molar-refractivity contribution >= 4 is 12.0 Å². The van der Waals surface area contributed by atoms with Crippen molar-refractivity contribution in [3.63, 3.8) is 0 Å². The molecular formula is C20H30N2O5. The van der Waals surface area contributed by atoms with Crippen molar-refractivity contribution in [2.45, 2.75) is 39.2 Å². The summed E-state index contributed by atoms with van der Waals surface area (Å²) in [5.74, 6) is 1.60. The highest BCUT2D eigenvalue weighted by Crippen LogP contribution is 2.28. The highest BCUT2D eigenvalue weighted by molar-refractivity contribution is 5.95. The first kappa shape index (κ1) is 20.9. The van der Waals surface area contributed by atoms with Crippen molar-refractivity contribution in [3.05, 3.63) is 23.8 Å². The van der Waals surface area contributed by atoms with E-state index in [1.54, 1.807) is 30.2 Å². The third-order valence-corrected chi connectivity index (χ3v) is 4.64. The van der Waals surface area contributed by atoms with Gasteiger partial charge in [0.2, 0.25) is 0 Å². The van der Waals surface area contributed by atoms with E-state index in [1.165, 1.54) is 7.11 Å². The van der Waals surface area contributed by atoms with Gasteiger partial charge in [-0.25, -0.2) is 4.79 Å². The van der Waals surface area contributed by atoms with E-state index in [2.05, 4.69) is 19.2 Å². The molecule has 0 radical (unpaired) electrons. The Hall–Kier alpha value is -2.44. The maximum atomic E-state index is 12.6. The lowest BCUT2D eigenvalue weighted by molar-refractivity contribution is 0.0892. The second-order valence-electron chi connectivity index (χ2n) is 7.10. The summed E-state index contributed by atoms with van der Waals surface area (Å²) in [5, 5.41) is 3.03. The number of methoxy groups -OCH3 is 2. The van der Waals surface area contributed by atoms with E-state index in [9.17, 15) is 9.59 Å². The summed E-state index contributed by atoms with van der Waals surface area (Å²) in [4.78, 5) is 25.7. The van der Waals surface area contributed by atoms with Gasteiger partial charge in [0.1, 0.15) is 0 Å². The molecule has 0 atom stereocenters. The molecule has 1 aromatic carbocycles. The maximum absolute atomic E-state index is 12.6. The van der Waals surface area contributed by atoms with Gasteiger partial charge in [-0.1, -0.05) is 13.8 Å². The van der Waals surface area contributed by atoms with Crippen molar-refractivity contribution in [2.75, 3.05) is 33.9 Å². The van der Waals surface area contributed by atoms with Crippen LogP contribution in [-0.4, -0.2) is 56.9 Å². The second kappa shape index (κ2) is 10.0. The number of amides is 2. The van der Waals surface area contributed by atoms with E-state index < -0.39 is 0 Å². The van der Waals surface area contributed by atoms with Crippen molar-refractivity contribution < 1.29 is 23.8 Å². The summed E-state index contributed by atoms with van der Waals surface area (Å²) >= 11 is 0. The number of hydrogen-bond donors (Lipinski definition) is 1. The average Bonchev–Trinajstić information content (AvgIpc) is 2.67. The number of nitrogens with one attached hydrogen (secondary N) is 1. The molecular weight excluding hydrogens is 348 g/mol. The summed E-state index contributed by atoms with van der Waals surface area (Å²) < 4.78 is 15.9. The van der Waals surface area contributed by atoms with Crippen LogP contribution in [0.5, 0.6) is 11.5 Å². The van der Waals surface area contributed by atoms with Crippen LogP contribution < -0.4 is 14.8 Å². The van der Waals surface area contributed by atoms with Gasteiger partial charge in [0, 0.05) is 24.7 Å². The zero-order valence-electron chi connectivity index (χ0n) is 16.6. The van der Waals surface area contributed by atoms with Gasteiger partial charge in [0.25, 0.3) is 5.91 Å². The van der Waals surface area contributed by atoms with Crippen LogP contribution in [0.4, 0.5) is 4.79 Å². The predicted octanol–water partition coefficient (Wildman–Crippen LogP) is 3.08. The minimum Gasteiger partial charge on any atom is -0.493 e. The monoisotopic (exact) mass is 378 g/mol. The standard InChI is InChI=1S/C20H30N2O5/c1-14(2)9-12-27-17-6-5-15(13-18(17)25-3)19(23)21-16-7-10-22(11-8-16)20(24)26-4/h5-6,13-14,16H,7-12H2,1-4H3,(H,21,23). The topological polar surface area (TPSA) is 77.1 Å². The molecule has 0 saturated carbocycles. The van der Waals surface area contributed by atoms with Crippen molar-refractivity contribution in [1.29, 1.82) is 0 Å². The van der Waals surface area contributed by atoms with Gasteiger partial charge in [-0.05, 0) is 43.4 Å². The number of rotatable bonds is 7. The molecule has 2 rings (SSSR count). The van der Waals surface area contributed by atoms with E-state index in [0.29, 0.717) is 55.5 Å². The summed E-state index contributed by atoms with van der Waals surface area (Å²) in [6, 6.07) is 5.25. The summed E-state index contributed by atoms with van der Waals surface area (Å²) in [5.41, 5.74) is 0.526. The molecule has 1 fully saturated rings. The van der Waals surface area contributed by atoms with Crippen LogP contribution in [0.2, 0.25) is 0 Å². The molecule has 150 valence electrons. The van der Waals surface area contributed by atoms with E-state index in [0.717, 1.165) is 6.42 Å². The normalized spacial score (nSPS) is 14.8. The number of nitrogens with zero attached hydrogens (tertiary/aromatic N) is 1. The van der Waals surface area contributed by atoms with Crippen molar-refractivity contribution in [1.82, 2.24) is 10.2 Å². The Morgan fingerprint density at radius 2 is 1.89 bits per heavy atom. The van der Waals surface area contributed by atoms with Crippen LogP contribution in [0.15, 0.2) is 18.2 Å². The first-order valence-electron chi connectivity index (χ1n) is 9.39. The van der Waals surface area contributed by atoms with Crippen LogP contribution in [-0.2, 0) is 4.74 Å². The minimum atomic E-state index is -0.322. The molecule has 0 aliphatic carbocycles. The Balaban J connectivity index is 1.91. The molecule has 0 bridgehead atoms. The number of carbonyl (C=O) groups excluding carboxylic acids is 2. The zero-order chi connectivity index (χ0) is 19.8. The predicted molar refractivity (Wildman–Crippen MR) is 102 cm³/mol. The largest absolute Gasteiger partial charge is 0.493 e. The fourth-order valence-electron chi connectivity index (χ4n) is 2.94. The molecule has 0 unspecified atom stereocenters. The molecule has 27 heavy (non-hydrogen) atoms. The number of ether oxygens (including phenoxy) is 3. The Kier molecular flexibility index (Phi) is 7.76. The molecule has 1 heterocycles. The Bertz CT molecular complexity index is 639. The quantitative estimate of drug-likeness (QED) is 0.789. The molecule has 1 aliphatic rings. The molecule has 1 N–H and O–H groups in total. The van der Waals surface area contributed by atoms with E-state index >= 15 is 0 Å². The highest BCUT2D eigenvalue weighted by atomic mass is 16.5. The number of likely N-dealkylation sites (tertiary alicyclic amines) is 1. The lowest BCUT2D eigenvalue weighted by Gasteiger charge is -2.31. The molecule has 0 aromatic heterocycles. The summed E-state index contributed by atoms with van der Waals surface area (Å²) in [7, 11) is 2.94. The van der Waals surface area contributed by atoms with Crippen LogP contribution in [0, 0.1) is 5.92 Å². The molecule has 1 aromatic rings. The van der Waals surface area contributed by atoms with Crippen LogP contribution in [0.25, 0.3) is 0 Å². The molecule has 0 spiro atoms. The van der Waals surface area contributed by atoms with Gasteiger partial charge in [-0.15, -0.1) is 0 Å². The van der Waals surface area contributed by atoms with Gasteiger partial charge in [0.15, 0.2) is 11.5 Å². The Morgan fingerprint density at radius 1 is 1.19 bits per heavy atom. The molecule has 7 nitrogen and oxygen atoms in total. The summed E-state index contributed by atoms with van der Waals surface area (Å²) in [6.07, 6.45) is 2.04. The number of benzene rings is 1. The van der Waals surface area contributed by atoms with Crippen LogP contribution in [0.3, 0.4) is 0 Å². The first-order chi connectivity index (χ1) is 12.9. The smallest absolute Gasteiger partial charge is 0.409 e. The first-order valence-corrected chi connectivity index (χ1v) is 9.39. The molecule has 2 amide bonds. The van der Waals surface area contributed by atoms with Gasteiger partial charge < -0.3 is 24.4 Å². The molecule has 1 saturated heterocycles.